The highest BCUT2D eigenvalue weighted by molar-refractivity contribution is 9.11. The number of thiazole rings is 1. The van der Waals surface area contributed by atoms with Crippen molar-refractivity contribution in [2.75, 3.05) is 0 Å². The molecule has 0 fully saturated rings. The van der Waals surface area contributed by atoms with Crippen LogP contribution in [-0.4, -0.2) is 15.2 Å². The van der Waals surface area contributed by atoms with E-state index in [0.717, 1.165) is 17.5 Å². The molecule has 0 unspecified atom stereocenters. The molecule has 0 aliphatic rings. The van der Waals surface area contributed by atoms with Crippen molar-refractivity contribution in [3.05, 3.63) is 15.1 Å². The van der Waals surface area contributed by atoms with Crippen LogP contribution in [0.2, 0.25) is 0 Å². The molecular weight excluding hydrogens is 315 g/mol. The quantitative estimate of drug-likeness (QED) is 0.809. The molecule has 3 nitrogen and oxygen atoms in total. The van der Waals surface area contributed by atoms with Crippen LogP contribution in [-0.2, 0) is 6.18 Å². The summed E-state index contributed by atoms with van der Waals surface area (Å²) in [7, 11) is 0. The van der Waals surface area contributed by atoms with Gasteiger partial charge in [0.25, 0.3) is 0 Å². The minimum absolute atomic E-state index is 0.366. The fraction of sp³-hybridized carbons (Fsp3) is 0.167. The summed E-state index contributed by atoms with van der Waals surface area (Å²) in [6.45, 7) is 0. The molecule has 2 heterocycles. The van der Waals surface area contributed by atoms with Crippen LogP contribution in [0.5, 0.6) is 0 Å². The van der Waals surface area contributed by atoms with Crippen LogP contribution in [0.1, 0.15) is 5.01 Å². The molecule has 0 saturated heterocycles. The predicted molar refractivity (Wildman–Crippen MR) is 53.7 cm³/mol. The van der Waals surface area contributed by atoms with Gasteiger partial charge in [-0.05, 0) is 15.9 Å². The van der Waals surface area contributed by atoms with E-state index in [1.807, 2.05) is 0 Å². The third kappa shape index (κ3) is 2.34. The fourth-order valence-electron chi connectivity index (χ4n) is 0.809. The molecule has 0 amide bonds. The first-order chi connectivity index (χ1) is 6.97. The molecule has 2 rings (SSSR count). The molecule has 0 aliphatic carbocycles. The minimum Gasteiger partial charge on any atom is -0.240 e. The molecular formula is C6HBrF3N3S2. The molecule has 2 aromatic heterocycles. The lowest BCUT2D eigenvalue weighted by Gasteiger charge is -1.98. The maximum Gasteiger partial charge on any atom is 0.443 e. The molecule has 0 saturated carbocycles. The standard InChI is InChI=1S/C6HBrF3N3S2/c7-5-13-12-3(15-5)2-1-11-4(14-2)6(8,9)10/h1H. The van der Waals surface area contributed by atoms with Crippen molar-refractivity contribution >= 4 is 38.6 Å². The zero-order valence-corrected chi connectivity index (χ0v) is 9.97. The van der Waals surface area contributed by atoms with Gasteiger partial charge in [0, 0.05) is 6.20 Å². The maximum absolute atomic E-state index is 12.2. The Bertz CT molecular complexity index is 478. The second kappa shape index (κ2) is 3.80. The van der Waals surface area contributed by atoms with Gasteiger partial charge < -0.3 is 0 Å². The van der Waals surface area contributed by atoms with Crippen LogP contribution in [0.4, 0.5) is 13.2 Å². The Labute approximate surface area is 98.1 Å². The Kier molecular flexibility index (Phi) is 2.77. The SMILES string of the molecule is FC(F)(F)c1ncc(-c2nnc(Br)s2)s1. The van der Waals surface area contributed by atoms with Gasteiger partial charge in [0.2, 0.25) is 0 Å². The maximum atomic E-state index is 12.2. The Morgan fingerprint density at radius 1 is 1.20 bits per heavy atom. The molecule has 0 N–H and O–H groups in total. The summed E-state index contributed by atoms with van der Waals surface area (Å²) in [5, 5.41) is 6.91. The van der Waals surface area contributed by atoms with Gasteiger partial charge in [0.05, 0.1) is 4.88 Å². The molecule has 9 heteroatoms. The molecule has 0 bridgehead atoms. The topological polar surface area (TPSA) is 38.7 Å². The molecule has 0 spiro atoms. The highest BCUT2D eigenvalue weighted by Gasteiger charge is 2.34. The van der Waals surface area contributed by atoms with E-state index in [1.54, 1.807) is 0 Å². The van der Waals surface area contributed by atoms with Gasteiger partial charge in [-0.3, -0.25) is 0 Å². The first-order valence-corrected chi connectivity index (χ1v) is 5.92. The van der Waals surface area contributed by atoms with Crippen LogP contribution >= 0.6 is 38.6 Å². The molecule has 0 atom stereocenters. The Balaban J connectivity index is 2.36. The third-order valence-electron chi connectivity index (χ3n) is 1.36. The normalized spacial score (nSPS) is 12.0. The number of aromatic nitrogens is 3. The molecule has 2 aromatic rings. The summed E-state index contributed by atoms with van der Waals surface area (Å²) in [4.78, 5) is 3.66. The zero-order chi connectivity index (χ0) is 11.1. The van der Waals surface area contributed by atoms with Gasteiger partial charge in [0.1, 0.15) is 0 Å². The van der Waals surface area contributed by atoms with Crippen molar-refractivity contribution in [2.24, 2.45) is 0 Å². The lowest BCUT2D eigenvalue weighted by Crippen LogP contribution is -2.02. The lowest BCUT2D eigenvalue weighted by molar-refractivity contribution is -0.137. The van der Waals surface area contributed by atoms with Crippen molar-refractivity contribution in [3.8, 4) is 9.88 Å². The predicted octanol–water partition coefficient (Wildman–Crippen LogP) is 3.44. The van der Waals surface area contributed by atoms with E-state index in [1.165, 1.54) is 0 Å². The van der Waals surface area contributed by atoms with E-state index in [9.17, 15) is 13.2 Å². The second-order valence-corrected chi connectivity index (χ2v) is 5.67. The number of halogens is 4. The van der Waals surface area contributed by atoms with Gasteiger partial charge in [0.15, 0.2) is 13.9 Å². The second-order valence-electron chi connectivity index (χ2n) is 2.39. The summed E-state index contributed by atoms with van der Waals surface area (Å²) in [5.74, 6) is 0. The van der Waals surface area contributed by atoms with Crippen LogP contribution in [0, 0.1) is 0 Å². The molecule has 0 aliphatic heterocycles. The van der Waals surface area contributed by atoms with Gasteiger partial charge in [-0.2, -0.15) is 13.2 Å². The van der Waals surface area contributed by atoms with Crippen LogP contribution in [0.3, 0.4) is 0 Å². The first-order valence-electron chi connectivity index (χ1n) is 3.49. The minimum atomic E-state index is -4.40. The Morgan fingerprint density at radius 3 is 2.40 bits per heavy atom. The average Bonchev–Trinajstić information content (AvgIpc) is 2.69. The van der Waals surface area contributed by atoms with E-state index in [2.05, 4.69) is 31.1 Å². The highest BCUT2D eigenvalue weighted by Crippen LogP contribution is 2.37. The van der Waals surface area contributed by atoms with Crippen LogP contribution in [0.25, 0.3) is 9.88 Å². The van der Waals surface area contributed by atoms with E-state index in [-0.39, 0.29) is 0 Å². The summed E-state index contributed by atoms with van der Waals surface area (Å²) in [6.07, 6.45) is -3.24. The fourth-order valence-corrected chi connectivity index (χ4v) is 2.74. The first kappa shape index (κ1) is 11.0. The van der Waals surface area contributed by atoms with Crippen molar-refractivity contribution in [2.45, 2.75) is 6.18 Å². The van der Waals surface area contributed by atoms with Crippen molar-refractivity contribution < 1.29 is 13.2 Å². The van der Waals surface area contributed by atoms with Crippen LogP contribution in [0.15, 0.2) is 10.1 Å². The zero-order valence-electron chi connectivity index (χ0n) is 6.75. The smallest absolute Gasteiger partial charge is 0.240 e. The monoisotopic (exact) mass is 315 g/mol. The molecule has 0 aromatic carbocycles. The summed E-state index contributed by atoms with van der Waals surface area (Å²) < 4.78 is 37.2. The summed E-state index contributed by atoms with van der Waals surface area (Å²) in [5.41, 5.74) is 0. The van der Waals surface area contributed by atoms with Crippen molar-refractivity contribution in [3.63, 3.8) is 0 Å². The van der Waals surface area contributed by atoms with Gasteiger partial charge >= 0.3 is 6.18 Å². The summed E-state index contributed by atoms with van der Waals surface area (Å²) in [6, 6.07) is 0. The number of hydrogen-bond acceptors (Lipinski definition) is 5. The van der Waals surface area contributed by atoms with Crippen molar-refractivity contribution in [1.29, 1.82) is 0 Å². The van der Waals surface area contributed by atoms with E-state index >= 15 is 0 Å². The Morgan fingerprint density at radius 2 is 1.93 bits per heavy atom. The molecule has 80 valence electrons. The number of nitrogens with zero attached hydrogens (tertiary/aromatic N) is 3. The Hall–Kier alpha value is -0.540. The highest BCUT2D eigenvalue weighted by atomic mass is 79.9. The average molecular weight is 316 g/mol. The van der Waals surface area contributed by atoms with Gasteiger partial charge in [-0.1, -0.05) is 11.3 Å². The van der Waals surface area contributed by atoms with E-state index < -0.39 is 11.2 Å². The van der Waals surface area contributed by atoms with Gasteiger partial charge in [-0.15, -0.1) is 21.5 Å². The van der Waals surface area contributed by atoms with E-state index in [0.29, 0.717) is 25.1 Å². The van der Waals surface area contributed by atoms with Crippen molar-refractivity contribution in [1.82, 2.24) is 15.2 Å². The lowest BCUT2D eigenvalue weighted by atomic mass is 10.6. The molecule has 0 radical (unpaired) electrons. The van der Waals surface area contributed by atoms with Crippen LogP contribution < -0.4 is 0 Å². The van der Waals surface area contributed by atoms with Gasteiger partial charge in [-0.25, -0.2) is 4.98 Å². The number of alkyl halides is 3. The number of rotatable bonds is 1. The molecule has 15 heavy (non-hydrogen) atoms. The number of hydrogen-bond donors (Lipinski definition) is 0. The third-order valence-corrected chi connectivity index (χ3v) is 3.93. The largest absolute Gasteiger partial charge is 0.443 e. The van der Waals surface area contributed by atoms with E-state index in [4.69, 9.17) is 0 Å². The summed E-state index contributed by atoms with van der Waals surface area (Å²) >= 11 is 4.80.